The second-order valence-corrected chi connectivity index (χ2v) is 5.17. The molecule has 1 aromatic heterocycles. The van der Waals surface area contributed by atoms with Crippen LogP contribution in [0.1, 0.15) is 39.7 Å². The molecule has 0 aliphatic carbocycles. The van der Waals surface area contributed by atoms with E-state index in [4.69, 9.17) is 9.47 Å². The molecule has 0 saturated heterocycles. The lowest BCUT2D eigenvalue weighted by atomic mass is 10.2. The Bertz CT molecular complexity index is 447. The van der Waals surface area contributed by atoms with Crippen LogP contribution in [0.15, 0.2) is 24.5 Å². The smallest absolute Gasteiger partial charge is 0.331 e. The van der Waals surface area contributed by atoms with E-state index in [2.05, 4.69) is 4.98 Å². The number of hydrogen-bond donors (Lipinski definition) is 0. The van der Waals surface area contributed by atoms with Crippen LogP contribution in [0, 0.1) is 0 Å². The predicted molar refractivity (Wildman–Crippen MR) is 74.9 cm³/mol. The molecule has 0 saturated carbocycles. The van der Waals surface area contributed by atoms with Gasteiger partial charge in [0.2, 0.25) is 0 Å². The first kappa shape index (κ1) is 15.2. The van der Waals surface area contributed by atoms with Gasteiger partial charge < -0.3 is 9.47 Å². The first-order valence-corrected chi connectivity index (χ1v) is 6.39. The van der Waals surface area contributed by atoms with Crippen molar-refractivity contribution in [1.82, 2.24) is 4.98 Å². The molecule has 0 fully saturated rings. The van der Waals surface area contributed by atoms with Gasteiger partial charge in [-0.2, -0.15) is 0 Å². The van der Waals surface area contributed by atoms with Crippen LogP contribution in [0.3, 0.4) is 0 Å². The van der Waals surface area contributed by atoms with Gasteiger partial charge in [-0.05, 0) is 44.9 Å². The molecule has 1 rings (SSSR count). The molecule has 1 heterocycles. The Hall–Kier alpha value is -1.84. The minimum Gasteiger partial charge on any atom is -0.492 e. The normalized spacial score (nSPS) is 11.6. The van der Waals surface area contributed by atoms with Crippen molar-refractivity contribution in [2.24, 2.45) is 0 Å². The molecule has 1 aromatic rings. The van der Waals surface area contributed by atoms with Crippen LogP contribution in [0.5, 0.6) is 5.75 Å². The zero-order chi connectivity index (χ0) is 14.3. The number of ether oxygens (including phenoxy) is 2. The second-order valence-electron chi connectivity index (χ2n) is 5.17. The topological polar surface area (TPSA) is 48.4 Å². The van der Waals surface area contributed by atoms with Gasteiger partial charge in [-0.25, -0.2) is 4.79 Å². The van der Waals surface area contributed by atoms with Crippen molar-refractivity contribution in [1.29, 1.82) is 0 Å². The van der Waals surface area contributed by atoms with Gasteiger partial charge in [0.1, 0.15) is 11.4 Å². The van der Waals surface area contributed by atoms with Crippen molar-refractivity contribution in [3.05, 3.63) is 30.1 Å². The fraction of sp³-hybridized carbons (Fsp3) is 0.467. The molecule has 0 spiro atoms. The van der Waals surface area contributed by atoms with E-state index in [1.807, 2.05) is 33.8 Å². The minimum atomic E-state index is -0.480. The average Bonchev–Trinajstić information content (AvgIpc) is 2.32. The summed E-state index contributed by atoms with van der Waals surface area (Å²) in [5.41, 5.74) is 0.325. The molecular formula is C15H21NO3. The zero-order valence-electron chi connectivity index (χ0n) is 12.0. The maximum atomic E-state index is 11.5. The van der Waals surface area contributed by atoms with Gasteiger partial charge in [0.25, 0.3) is 0 Å². The van der Waals surface area contributed by atoms with Crippen LogP contribution in [0.25, 0.3) is 6.08 Å². The van der Waals surface area contributed by atoms with Gasteiger partial charge in [0, 0.05) is 12.3 Å². The van der Waals surface area contributed by atoms with Crippen LogP contribution in [0.4, 0.5) is 0 Å². The Morgan fingerprint density at radius 3 is 2.74 bits per heavy atom. The Labute approximate surface area is 114 Å². The minimum absolute atomic E-state index is 0.368. The molecule has 0 radical (unpaired) electrons. The van der Waals surface area contributed by atoms with Crippen LogP contribution < -0.4 is 4.74 Å². The summed E-state index contributed by atoms with van der Waals surface area (Å²) in [7, 11) is 0. The third-order valence-corrected chi connectivity index (χ3v) is 2.03. The monoisotopic (exact) mass is 263 g/mol. The van der Waals surface area contributed by atoms with Crippen molar-refractivity contribution < 1.29 is 14.3 Å². The number of esters is 1. The number of rotatable bonds is 5. The molecule has 0 atom stereocenters. The summed E-state index contributed by atoms with van der Waals surface area (Å²) in [4.78, 5) is 15.6. The summed E-state index contributed by atoms with van der Waals surface area (Å²) in [5, 5.41) is 0. The highest BCUT2D eigenvalue weighted by molar-refractivity contribution is 5.87. The van der Waals surface area contributed by atoms with E-state index in [1.54, 1.807) is 18.5 Å². The van der Waals surface area contributed by atoms with Crippen LogP contribution >= 0.6 is 0 Å². The summed E-state index contributed by atoms with van der Waals surface area (Å²) in [6, 6.07) is 1.84. The second kappa shape index (κ2) is 6.92. The molecule has 0 aliphatic rings. The third-order valence-electron chi connectivity index (χ3n) is 2.03. The third kappa shape index (κ3) is 6.60. The van der Waals surface area contributed by atoms with E-state index in [-0.39, 0.29) is 5.97 Å². The van der Waals surface area contributed by atoms with Gasteiger partial charge in [-0.15, -0.1) is 0 Å². The van der Waals surface area contributed by atoms with Crippen LogP contribution in [-0.2, 0) is 9.53 Å². The fourth-order valence-electron chi connectivity index (χ4n) is 1.33. The quantitative estimate of drug-likeness (QED) is 0.604. The zero-order valence-corrected chi connectivity index (χ0v) is 12.0. The highest BCUT2D eigenvalue weighted by atomic mass is 16.6. The molecule has 0 unspecified atom stereocenters. The standard InChI is InChI=1S/C15H21NO3/c1-5-8-18-13-9-12(10-16-11-13)6-7-14(17)19-15(2,3)4/h6-7,9-11H,5,8H2,1-4H3/b7-6+. The highest BCUT2D eigenvalue weighted by Gasteiger charge is 2.13. The molecule has 19 heavy (non-hydrogen) atoms. The summed E-state index contributed by atoms with van der Waals surface area (Å²) < 4.78 is 10.6. The van der Waals surface area contributed by atoms with Crippen molar-refractivity contribution in [3.63, 3.8) is 0 Å². The van der Waals surface area contributed by atoms with E-state index in [9.17, 15) is 4.79 Å². The van der Waals surface area contributed by atoms with Crippen molar-refractivity contribution >= 4 is 12.0 Å². The predicted octanol–water partition coefficient (Wildman–Crippen LogP) is 3.23. The average molecular weight is 263 g/mol. The Kier molecular flexibility index (Phi) is 5.55. The fourth-order valence-corrected chi connectivity index (χ4v) is 1.33. The van der Waals surface area contributed by atoms with Gasteiger partial charge in [-0.1, -0.05) is 6.92 Å². The van der Waals surface area contributed by atoms with Gasteiger partial charge in [0.05, 0.1) is 12.8 Å². The molecule has 4 heteroatoms. The van der Waals surface area contributed by atoms with Crippen molar-refractivity contribution in [2.45, 2.75) is 39.7 Å². The maximum absolute atomic E-state index is 11.5. The highest BCUT2D eigenvalue weighted by Crippen LogP contribution is 2.13. The molecule has 0 amide bonds. The SMILES string of the molecule is CCCOc1cncc(/C=C/C(=O)OC(C)(C)C)c1. The number of carbonyl (C=O) groups is 1. The Morgan fingerprint density at radius 1 is 1.37 bits per heavy atom. The Balaban J connectivity index is 2.63. The number of hydrogen-bond acceptors (Lipinski definition) is 4. The first-order valence-electron chi connectivity index (χ1n) is 6.39. The molecule has 0 bridgehead atoms. The lowest BCUT2D eigenvalue weighted by Gasteiger charge is -2.17. The molecule has 0 aliphatic heterocycles. The van der Waals surface area contributed by atoms with E-state index in [1.165, 1.54) is 6.08 Å². The van der Waals surface area contributed by atoms with Gasteiger partial charge >= 0.3 is 5.97 Å². The van der Waals surface area contributed by atoms with Crippen molar-refractivity contribution in [3.8, 4) is 5.75 Å². The van der Waals surface area contributed by atoms with Crippen LogP contribution in [0.2, 0.25) is 0 Å². The summed E-state index contributed by atoms with van der Waals surface area (Å²) in [6.07, 6.45) is 7.32. The molecule has 0 N–H and O–H groups in total. The van der Waals surface area contributed by atoms with E-state index < -0.39 is 5.60 Å². The van der Waals surface area contributed by atoms with Gasteiger partial charge in [0.15, 0.2) is 0 Å². The Morgan fingerprint density at radius 2 is 2.11 bits per heavy atom. The molecule has 4 nitrogen and oxygen atoms in total. The number of nitrogens with zero attached hydrogens (tertiary/aromatic N) is 1. The molecular weight excluding hydrogens is 242 g/mol. The maximum Gasteiger partial charge on any atom is 0.331 e. The number of aromatic nitrogens is 1. The van der Waals surface area contributed by atoms with E-state index in [0.717, 1.165) is 12.0 Å². The van der Waals surface area contributed by atoms with E-state index >= 15 is 0 Å². The first-order chi connectivity index (χ1) is 8.90. The number of carbonyl (C=O) groups excluding carboxylic acids is 1. The lowest BCUT2D eigenvalue weighted by Crippen LogP contribution is -2.22. The molecule has 104 valence electrons. The van der Waals surface area contributed by atoms with E-state index in [0.29, 0.717) is 12.4 Å². The van der Waals surface area contributed by atoms with Crippen molar-refractivity contribution in [2.75, 3.05) is 6.61 Å². The summed E-state index contributed by atoms with van der Waals surface area (Å²) in [6.45, 7) is 8.19. The van der Waals surface area contributed by atoms with Crippen LogP contribution in [-0.4, -0.2) is 23.2 Å². The van der Waals surface area contributed by atoms with Gasteiger partial charge in [-0.3, -0.25) is 4.98 Å². The lowest BCUT2D eigenvalue weighted by molar-refractivity contribution is -0.148. The number of pyridine rings is 1. The summed E-state index contributed by atoms with van der Waals surface area (Å²) >= 11 is 0. The molecule has 0 aromatic carbocycles. The largest absolute Gasteiger partial charge is 0.492 e. The summed E-state index contributed by atoms with van der Waals surface area (Å²) in [5.74, 6) is 0.334.